The van der Waals surface area contributed by atoms with Gasteiger partial charge in [0, 0.05) is 87.0 Å². The molecule has 0 N–H and O–H groups in total. The molecule has 0 atom stereocenters. The van der Waals surface area contributed by atoms with Crippen molar-refractivity contribution in [3.8, 4) is 33.8 Å². The van der Waals surface area contributed by atoms with Crippen LogP contribution in [0, 0.1) is 6.92 Å². The molecular formula is C62H47BN2O2S2. The van der Waals surface area contributed by atoms with Crippen LogP contribution in [0.5, 0.6) is 11.5 Å². The van der Waals surface area contributed by atoms with Crippen LogP contribution in [0.2, 0.25) is 0 Å². The number of fused-ring (bicyclic) bond motifs is 11. The molecule has 0 spiro atoms. The predicted molar refractivity (Wildman–Crippen MR) is 296 cm³/mol. The Balaban J connectivity index is 0.983. The molecule has 3 aliphatic rings. The van der Waals surface area contributed by atoms with Gasteiger partial charge in [0.05, 0.1) is 13.2 Å². The summed E-state index contributed by atoms with van der Waals surface area (Å²) in [5, 5.41) is 5.27. The average molecular weight is 927 g/mol. The summed E-state index contributed by atoms with van der Waals surface area (Å²) < 4.78 is 18.3. The lowest BCUT2D eigenvalue weighted by Crippen LogP contribution is -2.61. The van der Waals surface area contributed by atoms with E-state index in [1.54, 1.807) is 0 Å². The molecule has 332 valence electrons. The van der Waals surface area contributed by atoms with Gasteiger partial charge in [-0.05, 0) is 135 Å². The summed E-state index contributed by atoms with van der Waals surface area (Å²) >= 11 is 3.74. The van der Waals surface area contributed by atoms with Crippen molar-refractivity contribution in [2.45, 2.75) is 39.5 Å². The molecule has 0 aliphatic carbocycles. The van der Waals surface area contributed by atoms with E-state index in [0.717, 1.165) is 35.0 Å². The van der Waals surface area contributed by atoms with Crippen LogP contribution in [0.3, 0.4) is 0 Å². The van der Waals surface area contributed by atoms with E-state index in [-0.39, 0.29) is 12.1 Å². The molecule has 14 rings (SSSR count). The first-order valence-corrected chi connectivity index (χ1v) is 25.7. The first-order chi connectivity index (χ1) is 33.7. The summed E-state index contributed by atoms with van der Waals surface area (Å²) in [7, 11) is 0. The molecule has 0 bridgehead atoms. The third kappa shape index (κ3) is 6.47. The summed E-state index contributed by atoms with van der Waals surface area (Å²) in [6.07, 6.45) is 0.841. The second-order valence-electron chi connectivity index (χ2n) is 20.0. The average Bonchev–Trinajstić information content (AvgIpc) is 3.84. The van der Waals surface area contributed by atoms with Gasteiger partial charge in [-0.15, -0.1) is 22.7 Å². The fraction of sp³-hybridized carbons (Fsp3) is 0.129. The molecule has 4 nitrogen and oxygen atoms in total. The molecule has 0 fully saturated rings. The largest absolute Gasteiger partial charge is 0.490 e. The molecular weight excluding hydrogens is 880 g/mol. The van der Waals surface area contributed by atoms with Crippen molar-refractivity contribution < 1.29 is 9.47 Å². The SMILES string of the molecule is Cc1cc2c3c(c1)N(c1ccc(C(C)(C)C)cc1)c1cc4c(cc1B3c1cc(-c3ccc5c(c3)sc3ccccc35)ccc1N2c1ccc(-c2ccc3c(c2)sc2ccccc23)cc1)OCCCO4. The third-order valence-electron chi connectivity index (χ3n) is 14.6. The highest BCUT2D eigenvalue weighted by molar-refractivity contribution is 7.26. The van der Waals surface area contributed by atoms with E-state index in [1.807, 2.05) is 22.7 Å². The van der Waals surface area contributed by atoms with E-state index in [2.05, 4.69) is 213 Å². The number of rotatable bonds is 4. The maximum absolute atomic E-state index is 6.53. The van der Waals surface area contributed by atoms with Gasteiger partial charge in [0.15, 0.2) is 11.5 Å². The molecule has 69 heavy (non-hydrogen) atoms. The van der Waals surface area contributed by atoms with Crippen LogP contribution in [0.4, 0.5) is 34.1 Å². The van der Waals surface area contributed by atoms with E-state index >= 15 is 0 Å². The Morgan fingerprint density at radius 1 is 0.449 bits per heavy atom. The van der Waals surface area contributed by atoms with E-state index in [9.17, 15) is 0 Å². The maximum atomic E-state index is 6.53. The monoisotopic (exact) mass is 926 g/mol. The van der Waals surface area contributed by atoms with Gasteiger partial charge >= 0.3 is 0 Å². The van der Waals surface area contributed by atoms with E-state index in [4.69, 9.17) is 9.47 Å². The number of anilines is 6. The van der Waals surface area contributed by atoms with Crippen molar-refractivity contribution in [2.24, 2.45) is 0 Å². The Bertz CT molecular complexity index is 3900. The van der Waals surface area contributed by atoms with Gasteiger partial charge in [-0.1, -0.05) is 118 Å². The Kier molecular flexibility index (Phi) is 9.06. The summed E-state index contributed by atoms with van der Waals surface area (Å²) in [6, 6.07) is 66.4. The molecule has 0 amide bonds. The molecule has 0 saturated heterocycles. The highest BCUT2D eigenvalue weighted by atomic mass is 32.1. The van der Waals surface area contributed by atoms with Crippen molar-refractivity contribution in [3.63, 3.8) is 0 Å². The Hall–Kier alpha value is -7.32. The Labute approximate surface area is 410 Å². The van der Waals surface area contributed by atoms with Crippen LogP contribution < -0.4 is 35.7 Å². The summed E-state index contributed by atoms with van der Waals surface area (Å²) in [5.74, 6) is 1.61. The minimum absolute atomic E-state index is 0.0265. The van der Waals surface area contributed by atoms with E-state index < -0.39 is 0 Å². The van der Waals surface area contributed by atoms with Gasteiger partial charge in [0.25, 0.3) is 6.71 Å². The van der Waals surface area contributed by atoms with Crippen LogP contribution in [0.1, 0.15) is 38.3 Å². The van der Waals surface area contributed by atoms with Gasteiger partial charge in [0.2, 0.25) is 0 Å². The topological polar surface area (TPSA) is 24.9 Å². The van der Waals surface area contributed by atoms with Crippen molar-refractivity contribution in [3.05, 3.63) is 187 Å². The van der Waals surface area contributed by atoms with E-state index in [1.165, 1.54) is 107 Å². The quantitative estimate of drug-likeness (QED) is 0.164. The molecule has 2 aromatic heterocycles. The lowest BCUT2D eigenvalue weighted by atomic mass is 9.33. The number of benzene rings is 9. The summed E-state index contributed by atoms with van der Waals surface area (Å²) in [4.78, 5) is 5.00. The lowest BCUT2D eigenvalue weighted by Gasteiger charge is -2.44. The normalized spacial score (nSPS) is 14.1. The molecule has 3 aliphatic heterocycles. The molecule has 7 heteroatoms. The fourth-order valence-electron chi connectivity index (χ4n) is 11.3. The summed E-state index contributed by atoms with van der Waals surface area (Å²) in [6.45, 7) is 10.2. The van der Waals surface area contributed by atoms with Crippen LogP contribution in [0.15, 0.2) is 176 Å². The number of hydrogen-bond acceptors (Lipinski definition) is 6. The Morgan fingerprint density at radius 3 is 1.57 bits per heavy atom. The highest BCUT2D eigenvalue weighted by Gasteiger charge is 2.44. The number of ether oxygens (including phenoxy) is 2. The van der Waals surface area contributed by atoms with Crippen LogP contribution in [0.25, 0.3) is 62.6 Å². The van der Waals surface area contributed by atoms with Gasteiger partial charge < -0.3 is 19.3 Å². The molecule has 0 saturated carbocycles. The fourth-order valence-corrected chi connectivity index (χ4v) is 13.5. The van der Waals surface area contributed by atoms with Crippen LogP contribution in [-0.4, -0.2) is 19.9 Å². The van der Waals surface area contributed by atoms with Crippen molar-refractivity contribution in [1.29, 1.82) is 0 Å². The molecule has 5 heterocycles. The third-order valence-corrected chi connectivity index (χ3v) is 16.9. The number of hydrogen-bond donors (Lipinski definition) is 0. The van der Waals surface area contributed by atoms with Crippen molar-refractivity contribution in [2.75, 3.05) is 23.0 Å². The smallest absolute Gasteiger partial charge is 0.252 e. The van der Waals surface area contributed by atoms with Crippen molar-refractivity contribution >= 4 is 120 Å². The molecule has 0 radical (unpaired) electrons. The molecule has 9 aromatic carbocycles. The number of nitrogens with zero attached hydrogens (tertiary/aromatic N) is 2. The Morgan fingerprint density at radius 2 is 0.942 bits per heavy atom. The lowest BCUT2D eigenvalue weighted by molar-refractivity contribution is 0.297. The number of thiophene rings is 2. The van der Waals surface area contributed by atoms with Gasteiger partial charge in [0.1, 0.15) is 0 Å². The first kappa shape index (κ1) is 40.7. The minimum atomic E-state index is -0.0839. The van der Waals surface area contributed by atoms with Gasteiger partial charge in [-0.25, -0.2) is 0 Å². The first-order valence-electron chi connectivity index (χ1n) is 24.1. The zero-order valence-electron chi connectivity index (χ0n) is 39.0. The van der Waals surface area contributed by atoms with Crippen LogP contribution >= 0.6 is 22.7 Å². The van der Waals surface area contributed by atoms with Crippen LogP contribution in [-0.2, 0) is 5.41 Å². The predicted octanol–water partition coefficient (Wildman–Crippen LogP) is 15.6. The minimum Gasteiger partial charge on any atom is -0.490 e. The standard InChI is InChI=1S/C62H47BN2O2S2/c1-37-30-53-61-54(31-37)65(44-23-19-42(20-24-44)62(2,3)4)52-36-56-55(66-28-9-29-67-56)35-50(52)63(61)49-32-39(41-17-26-48-46-11-6-8-13-58(46)69-60(48)34-41)18-27-51(49)64(53)43-21-14-38(15-22-43)40-16-25-47-45-10-5-7-12-57(45)68-59(47)33-40/h5-8,10-27,30-36H,9,28-29H2,1-4H3. The molecule has 11 aromatic rings. The maximum Gasteiger partial charge on any atom is 0.252 e. The highest BCUT2D eigenvalue weighted by Crippen LogP contribution is 2.48. The van der Waals surface area contributed by atoms with E-state index in [0.29, 0.717) is 13.2 Å². The number of aryl methyl sites for hydroxylation is 1. The molecule has 0 unspecified atom stereocenters. The van der Waals surface area contributed by atoms with Crippen molar-refractivity contribution in [1.82, 2.24) is 0 Å². The van der Waals surface area contributed by atoms with Gasteiger partial charge in [-0.3, -0.25) is 0 Å². The summed E-state index contributed by atoms with van der Waals surface area (Å²) in [5.41, 5.74) is 18.0. The van der Waals surface area contributed by atoms with Gasteiger partial charge in [-0.2, -0.15) is 0 Å². The zero-order valence-corrected chi connectivity index (χ0v) is 40.6. The zero-order chi connectivity index (χ0) is 46.1. The second-order valence-corrected chi connectivity index (χ2v) is 22.1. The second kappa shape index (κ2) is 15.3.